The predicted octanol–water partition coefficient (Wildman–Crippen LogP) is 3.42. The lowest BCUT2D eigenvalue weighted by Crippen LogP contribution is -2.12. The van der Waals surface area contributed by atoms with Gasteiger partial charge in [0.1, 0.15) is 5.75 Å². The van der Waals surface area contributed by atoms with Crippen LogP contribution in [-0.2, 0) is 4.79 Å². The van der Waals surface area contributed by atoms with E-state index in [1.54, 1.807) is 6.07 Å². The molecule has 0 heterocycles. The SMILES string of the molecule is CC(C)CCC(=O)Nc1ccc(O)c(Cl)c1. The number of amides is 1. The molecule has 2 N–H and O–H groups in total. The molecule has 0 saturated heterocycles. The fraction of sp³-hybridized carbons (Fsp3) is 0.417. The zero-order chi connectivity index (χ0) is 12.1. The Labute approximate surface area is 100 Å². The van der Waals surface area contributed by atoms with Crippen LogP contribution in [0.15, 0.2) is 18.2 Å². The number of anilines is 1. The van der Waals surface area contributed by atoms with Crippen molar-refractivity contribution in [2.24, 2.45) is 5.92 Å². The van der Waals surface area contributed by atoms with Crippen LogP contribution in [0, 0.1) is 5.92 Å². The largest absolute Gasteiger partial charge is 0.506 e. The van der Waals surface area contributed by atoms with Crippen LogP contribution in [0.3, 0.4) is 0 Å². The van der Waals surface area contributed by atoms with Crippen molar-refractivity contribution in [1.29, 1.82) is 0 Å². The Balaban J connectivity index is 2.53. The molecule has 1 aromatic carbocycles. The average Bonchev–Trinajstić information content (AvgIpc) is 2.21. The maximum atomic E-state index is 11.5. The average molecular weight is 242 g/mol. The smallest absolute Gasteiger partial charge is 0.224 e. The van der Waals surface area contributed by atoms with Gasteiger partial charge in [0.15, 0.2) is 0 Å². The molecule has 16 heavy (non-hydrogen) atoms. The zero-order valence-electron chi connectivity index (χ0n) is 9.46. The molecule has 1 rings (SSSR count). The molecule has 0 aliphatic heterocycles. The van der Waals surface area contributed by atoms with Crippen LogP contribution in [0.25, 0.3) is 0 Å². The summed E-state index contributed by atoms with van der Waals surface area (Å²) in [5, 5.41) is 12.2. The summed E-state index contributed by atoms with van der Waals surface area (Å²) in [6, 6.07) is 4.61. The number of rotatable bonds is 4. The second kappa shape index (κ2) is 5.75. The molecule has 0 aromatic heterocycles. The van der Waals surface area contributed by atoms with Gasteiger partial charge in [-0.15, -0.1) is 0 Å². The van der Waals surface area contributed by atoms with Gasteiger partial charge in [-0.3, -0.25) is 4.79 Å². The van der Waals surface area contributed by atoms with E-state index in [0.29, 0.717) is 18.0 Å². The number of phenols is 1. The number of nitrogens with one attached hydrogen (secondary N) is 1. The summed E-state index contributed by atoms with van der Waals surface area (Å²) < 4.78 is 0. The Morgan fingerprint density at radius 3 is 2.75 bits per heavy atom. The molecule has 3 nitrogen and oxygen atoms in total. The van der Waals surface area contributed by atoms with Crippen molar-refractivity contribution >= 4 is 23.2 Å². The van der Waals surface area contributed by atoms with Crippen LogP contribution < -0.4 is 5.32 Å². The van der Waals surface area contributed by atoms with E-state index in [4.69, 9.17) is 11.6 Å². The summed E-state index contributed by atoms with van der Waals surface area (Å²) in [7, 11) is 0. The van der Waals surface area contributed by atoms with Crippen LogP contribution >= 0.6 is 11.6 Å². The molecular weight excluding hydrogens is 226 g/mol. The van der Waals surface area contributed by atoms with Crippen molar-refractivity contribution in [3.63, 3.8) is 0 Å². The Kier molecular flexibility index (Phi) is 4.62. The predicted molar refractivity (Wildman–Crippen MR) is 65.8 cm³/mol. The minimum atomic E-state index is -0.0320. The zero-order valence-corrected chi connectivity index (χ0v) is 10.2. The Hall–Kier alpha value is -1.22. The van der Waals surface area contributed by atoms with Gasteiger partial charge >= 0.3 is 0 Å². The minimum absolute atomic E-state index is 0.0156. The number of phenolic OH excluding ortho intramolecular Hbond substituents is 1. The number of carbonyl (C=O) groups is 1. The van der Waals surface area contributed by atoms with Crippen molar-refractivity contribution < 1.29 is 9.90 Å². The molecule has 0 saturated carbocycles. The number of aromatic hydroxyl groups is 1. The molecule has 0 aliphatic carbocycles. The Bertz CT molecular complexity index is 377. The Morgan fingerprint density at radius 1 is 1.50 bits per heavy atom. The maximum Gasteiger partial charge on any atom is 0.224 e. The molecule has 0 fully saturated rings. The fourth-order valence-electron chi connectivity index (χ4n) is 1.23. The standard InChI is InChI=1S/C12H16ClNO2/c1-8(2)3-6-12(16)14-9-4-5-11(15)10(13)7-9/h4-5,7-8,15H,3,6H2,1-2H3,(H,14,16). The molecule has 0 unspecified atom stereocenters. The maximum absolute atomic E-state index is 11.5. The first-order valence-electron chi connectivity index (χ1n) is 5.27. The van der Waals surface area contributed by atoms with Crippen LogP contribution in [0.1, 0.15) is 26.7 Å². The van der Waals surface area contributed by atoms with Crippen molar-refractivity contribution in [3.05, 3.63) is 23.2 Å². The molecule has 0 radical (unpaired) electrons. The molecule has 1 amide bonds. The van der Waals surface area contributed by atoms with E-state index in [0.717, 1.165) is 6.42 Å². The summed E-state index contributed by atoms with van der Waals surface area (Å²) >= 11 is 5.72. The molecular formula is C12H16ClNO2. The van der Waals surface area contributed by atoms with Gasteiger partial charge in [-0.25, -0.2) is 0 Å². The summed E-state index contributed by atoms with van der Waals surface area (Å²) in [4.78, 5) is 11.5. The number of hydrogen-bond donors (Lipinski definition) is 2. The third-order valence-corrected chi connectivity index (χ3v) is 2.48. The number of benzene rings is 1. The highest BCUT2D eigenvalue weighted by Crippen LogP contribution is 2.26. The first-order chi connectivity index (χ1) is 7.49. The second-order valence-corrected chi connectivity index (χ2v) is 4.55. The normalized spacial score (nSPS) is 10.5. The molecule has 0 spiro atoms. The van der Waals surface area contributed by atoms with Crippen LogP contribution in [-0.4, -0.2) is 11.0 Å². The second-order valence-electron chi connectivity index (χ2n) is 4.15. The van der Waals surface area contributed by atoms with E-state index in [9.17, 15) is 9.90 Å². The lowest BCUT2D eigenvalue weighted by atomic mass is 10.1. The third-order valence-electron chi connectivity index (χ3n) is 2.18. The minimum Gasteiger partial charge on any atom is -0.506 e. The van der Waals surface area contributed by atoms with Gasteiger partial charge in [-0.1, -0.05) is 25.4 Å². The summed E-state index contributed by atoms with van der Waals surface area (Å²) in [6.45, 7) is 4.15. The van der Waals surface area contributed by atoms with Gasteiger partial charge in [0.05, 0.1) is 5.02 Å². The molecule has 4 heteroatoms. The third kappa shape index (κ3) is 4.11. The number of carbonyl (C=O) groups excluding carboxylic acids is 1. The van der Waals surface area contributed by atoms with Gasteiger partial charge in [-0.2, -0.15) is 0 Å². The first-order valence-corrected chi connectivity index (χ1v) is 5.65. The quantitative estimate of drug-likeness (QED) is 0.794. The molecule has 0 aliphatic rings. The summed E-state index contributed by atoms with van der Waals surface area (Å²) in [6.07, 6.45) is 1.35. The van der Waals surface area contributed by atoms with Gasteiger partial charge in [0.2, 0.25) is 5.91 Å². The molecule has 0 atom stereocenters. The number of halogens is 1. The van der Waals surface area contributed by atoms with E-state index in [1.165, 1.54) is 12.1 Å². The van der Waals surface area contributed by atoms with Gasteiger partial charge in [-0.05, 0) is 30.5 Å². The van der Waals surface area contributed by atoms with Crippen LogP contribution in [0.4, 0.5) is 5.69 Å². The van der Waals surface area contributed by atoms with Gasteiger partial charge < -0.3 is 10.4 Å². The van der Waals surface area contributed by atoms with E-state index in [-0.39, 0.29) is 16.7 Å². The molecule has 0 bridgehead atoms. The number of hydrogen-bond acceptors (Lipinski definition) is 2. The van der Waals surface area contributed by atoms with Gasteiger partial charge in [0, 0.05) is 12.1 Å². The van der Waals surface area contributed by atoms with E-state index in [1.807, 2.05) is 0 Å². The summed E-state index contributed by atoms with van der Waals surface area (Å²) in [5.41, 5.74) is 0.608. The highest BCUT2D eigenvalue weighted by Gasteiger charge is 2.05. The molecule has 1 aromatic rings. The monoisotopic (exact) mass is 241 g/mol. The Morgan fingerprint density at radius 2 is 2.19 bits per heavy atom. The van der Waals surface area contributed by atoms with E-state index < -0.39 is 0 Å². The topological polar surface area (TPSA) is 49.3 Å². The fourth-order valence-corrected chi connectivity index (χ4v) is 1.41. The van der Waals surface area contributed by atoms with Crippen molar-refractivity contribution in [3.8, 4) is 5.75 Å². The highest BCUT2D eigenvalue weighted by atomic mass is 35.5. The van der Waals surface area contributed by atoms with Crippen LogP contribution in [0.2, 0.25) is 5.02 Å². The lowest BCUT2D eigenvalue weighted by Gasteiger charge is -2.07. The van der Waals surface area contributed by atoms with E-state index >= 15 is 0 Å². The lowest BCUT2D eigenvalue weighted by molar-refractivity contribution is -0.116. The van der Waals surface area contributed by atoms with Crippen molar-refractivity contribution in [2.45, 2.75) is 26.7 Å². The molecule has 88 valence electrons. The summed E-state index contributed by atoms with van der Waals surface area (Å²) in [5.74, 6) is 0.492. The van der Waals surface area contributed by atoms with Crippen molar-refractivity contribution in [2.75, 3.05) is 5.32 Å². The first kappa shape index (κ1) is 12.8. The van der Waals surface area contributed by atoms with E-state index in [2.05, 4.69) is 19.2 Å². The van der Waals surface area contributed by atoms with Gasteiger partial charge in [0.25, 0.3) is 0 Å². The highest BCUT2D eigenvalue weighted by molar-refractivity contribution is 6.32. The van der Waals surface area contributed by atoms with Crippen molar-refractivity contribution in [1.82, 2.24) is 0 Å². The van der Waals surface area contributed by atoms with Crippen LogP contribution in [0.5, 0.6) is 5.75 Å².